The van der Waals surface area contributed by atoms with Gasteiger partial charge in [0.2, 0.25) is 0 Å². The SMILES string of the molecule is COc1ccccc1CN(Cc1cccc(C)c1)C(=O)c1cncn1C. The average Bonchev–Trinajstić information content (AvgIpc) is 3.07. The maximum absolute atomic E-state index is 13.1. The fourth-order valence-electron chi connectivity index (χ4n) is 2.99. The van der Waals surface area contributed by atoms with E-state index in [1.807, 2.05) is 48.3 Å². The van der Waals surface area contributed by atoms with Gasteiger partial charge in [-0.2, -0.15) is 0 Å². The Morgan fingerprint density at radius 1 is 1.15 bits per heavy atom. The minimum Gasteiger partial charge on any atom is -0.496 e. The van der Waals surface area contributed by atoms with Gasteiger partial charge in [-0.1, -0.05) is 48.0 Å². The standard InChI is InChI=1S/C21H23N3O2/c1-16-7-6-8-17(11-16)13-24(21(25)19-12-22-15-23(19)2)14-18-9-4-5-10-20(18)26-3/h4-12,15H,13-14H2,1-3H3. The highest BCUT2D eigenvalue weighted by atomic mass is 16.5. The molecule has 0 aliphatic heterocycles. The minimum atomic E-state index is -0.0580. The molecule has 0 N–H and O–H groups in total. The molecular formula is C21H23N3O2. The lowest BCUT2D eigenvalue weighted by Crippen LogP contribution is -2.31. The first kappa shape index (κ1) is 17.7. The van der Waals surface area contributed by atoms with Gasteiger partial charge in [0.05, 0.1) is 26.2 Å². The highest BCUT2D eigenvalue weighted by Crippen LogP contribution is 2.22. The second-order valence-electron chi connectivity index (χ2n) is 6.35. The van der Waals surface area contributed by atoms with Gasteiger partial charge in [0, 0.05) is 19.2 Å². The molecule has 0 unspecified atom stereocenters. The van der Waals surface area contributed by atoms with Crippen molar-refractivity contribution in [3.05, 3.63) is 83.4 Å². The summed E-state index contributed by atoms with van der Waals surface area (Å²) in [5.41, 5.74) is 3.80. The summed E-state index contributed by atoms with van der Waals surface area (Å²) >= 11 is 0. The number of carbonyl (C=O) groups is 1. The lowest BCUT2D eigenvalue weighted by molar-refractivity contribution is 0.0719. The number of para-hydroxylation sites is 1. The minimum absolute atomic E-state index is 0.0580. The maximum Gasteiger partial charge on any atom is 0.272 e. The smallest absolute Gasteiger partial charge is 0.272 e. The van der Waals surface area contributed by atoms with Crippen LogP contribution in [-0.2, 0) is 20.1 Å². The molecule has 0 saturated heterocycles. The number of methoxy groups -OCH3 is 1. The van der Waals surface area contributed by atoms with E-state index < -0.39 is 0 Å². The van der Waals surface area contributed by atoms with Crippen LogP contribution >= 0.6 is 0 Å². The fourth-order valence-corrected chi connectivity index (χ4v) is 2.99. The first-order valence-corrected chi connectivity index (χ1v) is 8.51. The third-order valence-corrected chi connectivity index (χ3v) is 4.33. The molecule has 0 aliphatic rings. The monoisotopic (exact) mass is 349 g/mol. The number of nitrogens with zero attached hydrogens (tertiary/aromatic N) is 3. The Hall–Kier alpha value is -3.08. The van der Waals surface area contributed by atoms with Crippen molar-refractivity contribution < 1.29 is 9.53 Å². The summed E-state index contributed by atoms with van der Waals surface area (Å²) < 4.78 is 7.20. The van der Waals surface area contributed by atoms with Crippen molar-refractivity contribution in [2.24, 2.45) is 7.05 Å². The van der Waals surface area contributed by atoms with Crippen LogP contribution < -0.4 is 4.74 Å². The molecule has 0 saturated carbocycles. The largest absolute Gasteiger partial charge is 0.496 e. The third-order valence-electron chi connectivity index (χ3n) is 4.33. The van der Waals surface area contributed by atoms with Crippen LogP contribution in [0.3, 0.4) is 0 Å². The number of carbonyl (C=O) groups excluding carboxylic acids is 1. The highest BCUT2D eigenvalue weighted by molar-refractivity contribution is 5.92. The maximum atomic E-state index is 13.1. The van der Waals surface area contributed by atoms with Crippen molar-refractivity contribution in [2.75, 3.05) is 7.11 Å². The van der Waals surface area contributed by atoms with E-state index in [1.165, 1.54) is 5.56 Å². The molecule has 0 aliphatic carbocycles. The predicted octanol–water partition coefficient (Wildman–Crippen LogP) is 3.58. The Kier molecular flexibility index (Phi) is 5.37. The van der Waals surface area contributed by atoms with E-state index in [-0.39, 0.29) is 5.91 Å². The molecule has 0 radical (unpaired) electrons. The summed E-state index contributed by atoms with van der Waals surface area (Å²) in [5.74, 6) is 0.719. The van der Waals surface area contributed by atoms with Gasteiger partial charge in [-0.25, -0.2) is 4.98 Å². The summed E-state index contributed by atoms with van der Waals surface area (Å²) in [6.45, 7) is 3.03. The first-order chi connectivity index (χ1) is 12.6. The highest BCUT2D eigenvalue weighted by Gasteiger charge is 2.20. The van der Waals surface area contributed by atoms with Crippen molar-refractivity contribution in [1.82, 2.24) is 14.5 Å². The van der Waals surface area contributed by atoms with Gasteiger partial charge in [0.1, 0.15) is 11.4 Å². The van der Waals surface area contributed by atoms with E-state index in [0.29, 0.717) is 18.8 Å². The van der Waals surface area contributed by atoms with E-state index >= 15 is 0 Å². The number of aromatic nitrogens is 2. The van der Waals surface area contributed by atoms with Crippen LogP contribution in [0.1, 0.15) is 27.2 Å². The zero-order valence-electron chi connectivity index (χ0n) is 15.3. The zero-order valence-corrected chi connectivity index (χ0v) is 15.3. The van der Waals surface area contributed by atoms with Crippen LogP contribution in [0.4, 0.5) is 0 Å². The molecule has 2 aromatic carbocycles. The molecule has 1 amide bonds. The van der Waals surface area contributed by atoms with Gasteiger partial charge in [0.25, 0.3) is 5.91 Å². The number of imidazole rings is 1. The van der Waals surface area contributed by atoms with Gasteiger partial charge in [-0.3, -0.25) is 4.79 Å². The van der Waals surface area contributed by atoms with Gasteiger partial charge < -0.3 is 14.2 Å². The molecule has 3 aromatic rings. The Balaban J connectivity index is 1.93. The van der Waals surface area contributed by atoms with Crippen LogP contribution in [0.2, 0.25) is 0 Å². The van der Waals surface area contributed by atoms with Gasteiger partial charge >= 0.3 is 0 Å². The summed E-state index contributed by atoms with van der Waals surface area (Å²) in [5, 5.41) is 0. The molecule has 0 fully saturated rings. The van der Waals surface area contributed by atoms with Crippen molar-refractivity contribution >= 4 is 5.91 Å². The van der Waals surface area contributed by atoms with Crippen LogP contribution in [-0.4, -0.2) is 27.5 Å². The van der Waals surface area contributed by atoms with E-state index in [1.54, 1.807) is 24.2 Å². The predicted molar refractivity (Wildman–Crippen MR) is 101 cm³/mol. The molecule has 3 rings (SSSR count). The number of hydrogen-bond acceptors (Lipinski definition) is 3. The van der Waals surface area contributed by atoms with Crippen molar-refractivity contribution in [1.29, 1.82) is 0 Å². The molecule has 5 heteroatoms. The number of amides is 1. The van der Waals surface area contributed by atoms with Gasteiger partial charge in [-0.05, 0) is 18.6 Å². The molecule has 0 atom stereocenters. The van der Waals surface area contributed by atoms with E-state index in [0.717, 1.165) is 16.9 Å². The molecule has 5 nitrogen and oxygen atoms in total. The Labute approximate surface area is 153 Å². The van der Waals surface area contributed by atoms with Crippen LogP contribution in [0.5, 0.6) is 5.75 Å². The summed E-state index contributed by atoms with van der Waals surface area (Å²) in [6, 6.07) is 16.0. The molecule has 0 spiro atoms. The summed E-state index contributed by atoms with van der Waals surface area (Å²) in [4.78, 5) is 19.0. The zero-order chi connectivity index (χ0) is 18.5. The lowest BCUT2D eigenvalue weighted by Gasteiger charge is -2.24. The van der Waals surface area contributed by atoms with Gasteiger partial charge in [0.15, 0.2) is 0 Å². The number of benzene rings is 2. The van der Waals surface area contributed by atoms with Crippen molar-refractivity contribution in [2.45, 2.75) is 20.0 Å². The van der Waals surface area contributed by atoms with Crippen molar-refractivity contribution in [3.63, 3.8) is 0 Å². The summed E-state index contributed by atoms with van der Waals surface area (Å²) in [6.07, 6.45) is 3.25. The molecule has 26 heavy (non-hydrogen) atoms. The number of hydrogen-bond donors (Lipinski definition) is 0. The van der Waals surface area contributed by atoms with E-state index in [4.69, 9.17) is 4.74 Å². The molecule has 0 bridgehead atoms. The number of aryl methyl sites for hydroxylation is 2. The molecule has 1 heterocycles. The Morgan fingerprint density at radius 3 is 2.65 bits per heavy atom. The second kappa shape index (κ2) is 7.87. The average molecular weight is 349 g/mol. The third kappa shape index (κ3) is 3.94. The lowest BCUT2D eigenvalue weighted by atomic mass is 10.1. The second-order valence-corrected chi connectivity index (χ2v) is 6.35. The number of rotatable bonds is 6. The quantitative estimate of drug-likeness (QED) is 0.683. The molecular weight excluding hydrogens is 326 g/mol. The fraction of sp³-hybridized carbons (Fsp3) is 0.238. The van der Waals surface area contributed by atoms with E-state index in [9.17, 15) is 4.79 Å². The molecule has 1 aromatic heterocycles. The topological polar surface area (TPSA) is 47.4 Å². The Morgan fingerprint density at radius 2 is 1.96 bits per heavy atom. The van der Waals surface area contributed by atoms with Crippen LogP contribution in [0.25, 0.3) is 0 Å². The van der Waals surface area contributed by atoms with Crippen LogP contribution in [0, 0.1) is 6.92 Å². The van der Waals surface area contributed by atoms with Crippen molar-refractivity contribution in [3.8, 4) is 5.75 Å². The number of ether oxygens (including phenoxy) is 1. The molecule has 134 valence electrons. The van der Waals surface area contributed by atoms with Crippen LogP contribution in [0.15, 0.2) is 61.1 Å². The summed E-state index contributed by atoms with van der Waals surface area (Å²) in [7, 11) is 3.47. The normalized spacial score (nSPS) is 10.6. The van der Waals surface area contributed by atoms with Gasteiger partial charge in [-0.15, -0.1) is 0 Å². The Bertz CT molecular complexity index is 902. The first-order valence-electron chi connectivity index (χ1n) is 8.51. The van der Waals surface area contributed by atoms with E-state index in [2.05, 4.69) is 24.0 Å².